The predicted octanol–water partition coefficient (Wildman–Crippen LogP) is 0.716. The molecule has 0 aromatic carbocycles. The van der Waals surface area contributed by atoms with Gasteiger partial charge >= 0.3 is 0 Å². The van der Waals surface area contributed by atoms with E-state index in [0.717, 1.165) is 6.54 Å². The number of nitrogens with one attached hydrogen (secondary N) is 1. The number of hydrogen-bond acceptors (Lipinski definition) is 3. The minimum absolute atomic E-state index is 0.513. The molecule has 1 heterocycles. The summed E-state index contributed by atoms with van der Waals surface area (Å²) in [4.78, 5) is 7.77. The van der Waals surface area contributed by atoms with Gasteiger partial charge in [0.05, 0.1) is 6.34 Å². The first-order chi connectivity index (χ1) is 4.89. The van der Waals surface area contributed by atoms with Crippen molar-refractivity contribution in [3.05, 3.63) is 24.6 Å². The Labute approximate surface area is 59.9 Å². The molecule has 0 saturated heterocycles. The molecule has 3 heteroatoms. The van der Waals surface area contributed by atoms with Crippen molar-refractivity contribution in [1.82, 2.24) is 5.32 Å². The predicted molar refractivity (Wildman–Crippen MR) is 43.3 cm³/mol. The monoisotopic (exact) mass is 135 g/mol. The first-order valence-electron chi connectivity index (χ1n) is 3.03. The second kappa shape index (κ2) is 3.61. The van der Waals surface area contributed by atoms with Crippen molar-refractivity contribution in [2.45, 2.75) is 0 Å². The van der Waals surface area contributed by atoms with Crippen molar-refractivity contribution in [2.24, 2.45) is 9.98 Å². The third-order valence-corrected chi connectivity index (χ3v) is 0.986. The van der Waals surface area contributed by atoms with E-state index in [2.05, 4.69) is 21.9 Å². The largest absolute Gasteiger partial charge is 0.373 e. The second-order valence-electron chi connectivity index (χ2n) is 1.79. The van der Waals surface area contributed by atoms with Gasteiger partial charge in [-0.2, -0.15) is 0 Å². The van der Waals surface area contributed by atoms with Crippen LogP contribution in [-0.4, -0.2) is 19.1 Å². The van der Waals surface area contributed by atoms with Crippen LogP contribution in [-0.2, 0) is 0 Å². The Hall–Kier alpha value is -1.38. The summed E-state index contributed by atoms with van der Waals surface area (Å²) in [6.45, 7) is 4.37. The lowest BCUT2D eigenvalue weighted by Crippen LogP contribution is -2.09. The molecule has 1 N–H and O–H groups in total. The fraction of sp³-hybridized carbons (Fsp3) is 0.143. The van der Waals surface area contributed by atoms with Gasteiger partial charge in [-0.1, -0.05) is 12.7 Å². The molecule has 0 saturated carbocycles. The van der Waals surface area contributed by atoms with Crippen LogP contribution in [0.2, 0.25) is 0 Å². The van der Waals surface area contributed by atoms with Gasteiger partial charge in [0.15, 0.2) is 0 Å². The maximum absolute atomic E-state index is 3.90. The molecule has 0 radical (unpaired) electrons. The van der Waals surface area contributed by atoms with E-state index in [1.54, 1.807) is 12.6 Å². The first kappa shape index (κ1) is 6.74. The SMILES string of the molecule is C=C1/N=C\C=C/CN/C=N\1. The van der Waals surface area contributed by atoms with Gasteiger partial charge in [-0.25, -0.2) is 9.98 Å². The van der Waals surface area contributed by atoms with Crippen LogP contribution in [0.15, 0.2) is 34.5 Å². The molecule has 0 aliphatic carbocycles. The average molecular weight is 135 g/mol. The zero-order valence-electron chi connectivity index (χ0n) is 5.62. The van der Waals surface area contributed by atoms with Crippen molar-refractivity contribution in [3.63, 3.8) is 0 Å². The van der Waals surface area contributed by atoms with E-state index in [9.17, 15) is 0 Å². The van der Waals surface area contributed by atoms with Gasteiger partial charge < -0.3 is 5.32 Å². The van der Waals surface area contributed by atoms with Crippen molar-refractivity contribution in [1.29, 1.82) is 0 Å². The van der Waals surface area contributed by atoms with Crippen LogP contribution in [0, 0.1) is 0 Å². The summed E-state index contributed by atoms with van der Waals surface area (Å²) < 4.78 is 0. The first-order valence-corrected chi connectivity index (χ1v) is 3.03. The molecule has 0 amide bonds. The normalized spacial score (nSPS) is 27.0. The van der Waals surface area contributed by atoms with Gasteiger partial charge in [0.25, 0.3) is 0 Å². The number of nitrogens with zero attached hydrogens (tertiary/aromatic N) is 2. The lowest BCUT2D eigenvalue weighted by Gasteiger charge is -1.89. The molecule has 0 fully saturated rings. The molecule has 1 aliphatic heterocycles. The molecule has 0 aromatic rings. The zero-order valence-corrected chi connectivity index (χ0v) is 5.62. The van der Waals surface area contributed by atoms with Crippen molar-refractivity contribution in [2.75, 3.05) is 6.54 Å². The van der Waals surface area contributed by atoms with E-state index < -0.39 is 0 Å². The maximum Gasteiger partial charge on any atom is 0.146 e. The molecule has 0 aromatic heterocycles. The van der Waals surface area contributed by atoms with Crippen LogP contribution in [0.5, 0.6) is 0 Å². The topological polar surface area (TPSA) is 36.8 Å². The third-order valence-electron chi connectivity index (χ3n) is 0.986. The lowest BCUT2D eigenvalue weighted by molar-refractivity contribution is 1.06. The maximum atomic E-state index is 3.90. The Balaban J connectivity index is 2.64. The molecule has 3 nitrogen and oxygen atoms in total. The lowest BCUT2D eigenvalue weighted by atomic mass is 10.5. The number of hydrogen-bond donors (Lipinski definition) is 1. The highest BCUT2D eigenvalue weighted by Gasteiger charge is 1.81. The van der Waals surface area contributed by atoms with Crippen molar-refractivity contribution >= 4 is 12.6 Å². The van der Waals surface area contributed by atoms with Crippen molar-refractivity contribution < 1.29 is 0 Å². The number of rotatable bonds is 0. The van der Waals surface area contributed by atoms with Crippen LogP contribution < -0.4 is 5.32 Å². The summed E-state index contributed by atoms with van der Waals surface area (Å²) >= 11 is 0. The highest BCUT2D eigenvalue weighted by molar-refractivity contribution is 5.73. The van der Waals surface area contributed by atoms with E-state index in [1.807, 2.05) is 12.2 Å². The van der Waals surface area contributed by atoms with E-state index in [1.165, 1.54) is 0 Å². The number of aliphatic imine (C=N–C) groups is 2. The minimum atomic E-state index is 0.513. The van der Waals surface area contributed by atoms with Gasteiger partial charge in [-0.3, -0.25) is 0 Å². The fourth-order valence-electron chi connectivity index (χ4n) is 0.532. The quantitative estimate of drug-likeness (QED) is 0.522. The summed E-state index contributed by atoms with van der Waals surface area (Å²) in [7, 11) is 0. The Kier molecular flexibility index (Phi) is 2.43. The molecule has 52 valence electrons. The van der Waals surface area contributed by atoms with Crippen LogP contribution in [0.3, 0.4) is 0 Å². The van der Waals surface area contributed by atoms with E-state index >= 15 is 0 Å². The van der Waals surface area contributed by atoms with Crippen LogP contribution in [0.4, 0.5) is 0 Å². The smallest absolute Gasteiger partial charge is 0.146 e. The van der Waals surface area contributed by atoms with Gasteiger partial charge in [0, 0.05) is 12.8 Å². The molecular weight excluding hydrogens is 126 g/mol. The van der Waals surface area contributed by atoms with Gasteiger partial charge in [-0.05, 0) is 6.08 Å². The van der Waals surface area contributed by atoms with E-state index in [0.29, 0.717) is 5.82 Å². The second-order valence-corrected chi connectivity index (χ2v) is 1.79. The molecular formula is C7H9N3. The third kappa shape index (κ3) is 2.26. The summed E-state index contributed by atoms with van der Waals surface area (Å²) in [5, 5.41) is 2.94. The van der Waals surface area contributed by atoms with Crippen molar-refractivity contribution in [3.8, 4) is 0 Å². The standard InChI is InChI=1S/C7H9N3/c1-7-9-5-3-2-4-8-6-10-7/h2-3,5-6H,1,4H2,(H,8,10)/b3-2-,9-5-. The summed E-state index contributed by atoms with van der Waals surface area (Å²) in [5.74, 6) is 0.513. The Bertz CT molecular complexity index is 201. The highest BCUT2D eigenvalue weighted by Crippen LogP contribution is 1.91. The highest BCUT2D eigenvalue weighted by atomic mass is 15.0. The Morgan fingerprint density at radius 3 is 3.30 bits per heavy atom. The summed E-state index contributed by atoms with van der Waals surface area (Å²) in [6.07, 6.45) is 7.07. The summed E-state index contributed by atoms with van der Waals surface area (Å²) in [5.41, 5.74) is 0. The van der Waals surface area contributed by atoms with Crippen LogP contribution >= 0.6 is 0 Å². The molecule has 0 atom stereocenters. The molecule has 1 rings (SSSR count). The molecule has 10 heavy (non-hydrogen) atoms. The Morgan fingerprint density at radius 2 is 2.40 bits per heavy atom. The van der Waals surface area contributed by atoms with E-state index in [-0.39, 0.29) is 0 Å². The Morgan fingerprint density at radius 1 is 1.50 bits per heavy atom. The minimum Gasteiger partial charge on any atom is -0.373 e. The van der Waals surface area contributed by atoms with Crippen LogP contribution in [0.1, 0.15) is 0 Å². The summed E-state index contributed by atoms with van der Waals surface area (Å²) in [6, 6.07) is 0. The molecule has 0 bridgehead atoms. The van der Waals surface area contributed by atoms with Gasteiger partial charge in [0.1, 0.15) is 5.82 Å². The molecule has 0 unspecified atom stereocenters. The van der Waals surface area contributed by atoms with E-state index in [4.69, 9.17) is 0 Å². The molecule has 0 spiro atoms. The van der Waals surface area contributed by atoms with Gasteiger partial charge in [0.2, 0.25) is 0 Å². The van der Waals surface area contributed by atoms with Crippen LogP contribution in [0.25, 0.3) is 0 Å². The zero-order chi connectivity index (χ0) is 7.23. The molecule has 1 aliphatic rings. The van der Waals surface area contributed by atoms with Gasteiger partial charge in [-0.15, -0.1) is 0 Å². The number of allylic oxidation sites excluding steroid dienone is 1. The fourth-order valence-corrected chi connectivity index (χ4v) is 0.532. The average Bonchev–Trinajstić information content (AvgIpc) is 2.02.